The minimum Gasteiger partial charge on any atom is -0.456 e. The standard InChI is InChI=1S/C63H34N4OS2/c1-3-15-37-31-50-48(29-35(37)13-1)49-30-36-14-2-4-16-38(36)32-51(49)67(50)59-45-19-5-6-20-46(45)60-57(47-21-9-12-24-55(47)70-60)58(59)63-65-61(39-25-27-42-41-17-7-10-22-52(41)68-53(42)33-39)64-62(66-63)40-26-28-44-43-18-8-11-23-54(43)69-56(44)34-40/h1-34H. The first-order valence-electron chi connectivity index (χ1n) is 23.5. The number of fused-ring (bicyclic) bond motifs is 16. The van der Waals surface area contributed by atoms with Gasteiger partial charge >= 0.3 is 0 Å². The smallest absolute Gasteiger partial charge is 0.166 e. The third-order valence-electron chi connectivity index (χ3n) is 14.4. The van der Waals surface area contributed by atoms with Crippen molar-refractivity contribution in [2.24, 2.45) is 0 Å². The van der Waals surface area contributed by atoms with E-state index in [9.17, 15) is 0 Å². The van der Waals surface area contributed by atoms with E-state index in [4.69, 9.17) is 19.4 Å². The number of rotatable bonds is 4. The summed E-state index contributed by atoms with van der Waals surface area (Å²) < 4.78 is 13.9. The van der Waals surface area contributed by atoms with Crippen molar-refractivity contribution in [1.29, 1.82) is 0 Å². The Morgan fingerprint density at radius 3 is 1.54 bits per heavy atom. The fourth-order valence-corrected chi connectivity index (χ4v) is 13.6. The third-order valence-corrected chi connectivity index (χ3v) is 16.7. The second kappa shape index (κ2) is 14.4. The van der Waals surface area contributed by atoms with Gasteiger partial charge in [-0.1, -0.05) is 146 Å². The van der Waals surface area contributed by atoms with Crippen molar-refractivity contribution >= 4 is 139 Å². The lowest BCUT2D eigenvalue weighted by Gasteiger charge is -2.19. The Labute approximate surface area is 406 Å². The molecule has 5 nitrogen and oxygen atoms in total. The lowest BCUT2D eigenvalue weighted by molar-refractivity contribution is 0.669. The number of thiophene rings is 2. The molecule has 16 aromatic rings. The van der Waals surface area contributed by atoms with E-state index in [2.05, 4.69) is 199 Å². The Balaban J connectivity index is 1.08. The number of benzene rings is 11. The minimum atomic E-state index is 0.574. The zero-order chi connectivity index (χ0) is 45.6. The molecule has 16 rings (SSSR count). The number of hydrogen-bond donors (Lipinski definition) is 0. The highest BCUT2D eigenvalue weighted by atomic mass is 32.1. The minimum absolute atomic E-state index is 0.574. The molecular weight excluding hydrogens is 893 g/mol. The summed E-state index contributed by atoms with van der Waals surface area (Å²) in [6, 6.07) is 74.4. The molecule has 0 radical (unpaired) electrons. The predicted molar refractivity (Wildman–Crippen MR) is 296 cm³/mol. The van der Waals surface area contributed by atoms with E-state index in [1.165, 1.54) is 72.7 Å². The van der Waals surface area contributed by atoms with E-state index < -0.39 is 0 Å². The normalized spacial score (nSPS) is 12.3. The van der Waals surface area contributed by atoms with Crippen molar-refractivity contribution in [1.82, 2.24) is 19.5 Å². The molecule has 7 heteroatoms. The van der Waals surface area contributed by atoms with Crippen molar-refractivity contribution in [3.05, 3.63) is 206 Å². The van der Waals surface area contributed by atoms with Crippen molar-refractivity contribution < 1.29 is 4.42 Å². The van der Waals surface area contributed by atoms with Gasteiger partial charge in [-0.25, -0.2) is 15.0 Å². The summed E-state index contributed by atoms with van der Waals surface area (Å²) >= 11 is 3.63. The van der Waals surface area contributed by atoms with Crippen LogP contribution in [0.15, 0.2) is 211 Å². The van der Waals surface area contributed by atoms with Crippen LogP contribution in [0.1, 0.15) is 0 Å². The number of nitrogens with zero attached hydrogens (tertiary/aromatic N) is 4. The summed E-state index contributed by atoms with van der Waals surface area (Å²) in [5.41, 5.74) is 7.65. The van der Waals surface area contributed by atoms with Crippen LogP contribution in [0.5, 0.6) is 0 Å². The van der Waals surface area contributed by atoms with Gasteiger partial charge in [-0.15, -0.1) is 22.7 Å². The Kier molecular flexibility index (Phi) is 7.86. The van der Waals surface area contributed by atoms with Crippen LogP contribution in [0, 0.1) is 0 Å². The molecule has 70 heavy (non-hydrogen) atoms. The van der Waals surface area contributed by atoms with Crippen LogP contribution < -0.4 is 0 Å². The molecule has 5 heterocycles. The first-order valence-corrected chi connectivity index (χ1v) is 25.1. The summed E-state index contributed by atoms with van der Waals surface area (Å²) in [5, 5.41) is 16.4. The molecule has 0 aliphatic carbocycles. The maximum Gasteiger partial charge on any atom is 0.166 e. The van der Waals surface area contributed by atoms with E-state index in [0.717, 1.165) is 66.1 Å². The first-order chi connectivity index (χ1) is 34.7. The molecule has 0 bridgehead atoms. The maximum atomic E-state index is 6.50. The number of para-hydroxylation sites is 1. The SMILES string of the molecule is c1ccc2cc3c(cc2c1)c1cc2ccccc2cc1n3-c1c(-c2nc(-c3ccc4c(c3)oc3ccccc34)nc(-c3ccc4c(c3)sc3ccccc34)n2)c2c3ccccc3sc2c2ccccc12. The molecule has 0 spiro atoms. The Hall–Kier alpha value is -8.75. The van der Waals surface area contributed by atoms with Gasteiger partial charge in [0, 0.05) is 83.8 Å². The van der Waals surface area contributed by atoms with E-state index in [1.807, 2.05) is 23.5 Å². The van der Waals surface area contributed by atoms with E-state index >= 15 is 0 Å². The van der Waals surface area contributed by atoms with Crippen LogP contribution in [0.25, 0.3) is 156 Å². The summed E-state index contributed by atoms with van der Waals surface area (Å²) in [5.74, 6) is 1.78. The third kappa shape index (κ3) is 5.50. The van der Waals surface area contributed by atoms with Crippen LogP contribution in [0.3, 0.4) is 0 Å². The second-order valence-corrected chi connectivity index (χ2v) is 20.4. The van der Waals surface area contributed by atoms with Gasteiger partial charge in [0.05, 0.1) is 22.3 Å². The molecule has 5 aromatic heterocycles. The van der Waals surface area contributed by atoms with E-state index in [-0.39, 0.29) is 0 Å². The Morgan fingerprint density at radius 1 is 0.343 bits per heavy atom. The molecular formula is C63H34N4OS2. The highest BCUT2D eigenvalue weighted by molar-refractivity contribution is 7.27. The maximum absolute atomic E-state index is 6.50. The zero-order valence-electron chi connectivity index (χ0n) is 37.1. The lowest BCUT2D eigenvalue weighted by atomic mass is 9.96. The fourth-order valence-electron chi connectivity index (χ4n) is 11.2. The van der Waals surface area contributed by atoms with Gasteiger partial charge in [0.25, 0.3) is 0 Å². The summed E-state index contributed by atoms with van der Waals surface area (Å²) in [7, 11) is 0. The van der Waals surface area contributed by atoms with Crippen LogP contribution in [0.4, 0.5) is 0 Å². The molecule has 0 aliphatic rings. The number of furan rings is 1. The van der Waals surface area contributed by atoms with Crippen LogP contribution in [0.2, 0.25) is 0 Å². The average Bonchev–Trinajstić information content (AvgIpc) is 4.18. The van der Waals surface area contributed by atoms with Gasteiger partial charge < -0.3 is 8.98 Å². The van der Waals surface area contributed by atoms with Gasteiger partial charge in [-0.3, -0.25) is 0 Å². The molecule has 0 N–H and O–H groups in total. The molecule has 11 aromatic carbocycles. The number of hydrogen-bond acceptors (Lipinski definition) is 6. The first kappa shape index (κ1) is 38.2. The van der Waals surface area contributed by atoms with Crippen LogP contribution in [-0.4, -0.2) is 19.5 Å². The quantitative estimate of drug-likeness (QED) is 0.176. The lowest BCUT2D eigenvalue weighted by Crippen LogP contribution is -2.05. The Morgan fingerprint density at radius 2 is 0.843 bits per heavy atom. The van der Waals surface area contributed by atoms with Crippen LogP contribution >= 0.6 is 22.7 Å². The van der Waals surface area contributed by atoms with Crippen molar-refractivity contribution in [2.45, 2.75) is 0 Å². The van der Waals surface area contributed by atoms with Gasteiger partial charge in [0.1, 0.15) is 11.2 Å². The summed E-state index contributed by atoms with van der Waals surface area (Å²) in [4.78, 5) is 16.8. The van der Waals surface area contributed by atoms with E-state index in [1.54, 1.807) is 11.3 Å². The molecule has 0 saturated heterocycles. The highest BCUT2D eigenvalue weighted by Crippen LogP contribution is 2.50. The second-order valence-electron chi connectivity index (χ2n) is 18.3. The highest BCUT2D eigenvalue weighted by Gasteiger charge is 2.28. The van der Waals surface area contributed by atoms with Gasteiger partial charge in [0.15, 0.2) is 17.5 Å². The molecule has 0 amide bonds. The summed E-state index contributed by atoms with van der Waals surface area (Å²) in [6.45, 7) is 0. The van der Waals surface area contributed by atoms with Crippen LogP contribution in [-0.2, 0) is 0 Å². The van der Waals surface area contributed by atoms with Crippen molar-refractivity contribution in [3.63, 3.8) is 0 Å². The molecule has 0 saturated carbocycles. The zero-order valence-corrected chi connectivity index (χ0v) is 38.8. The monoisotopic (exact) mass is 926 g/mol. The Bertz CT molecular complexity index is 4690. The molecule has 0 aliphatic heterocycles. The van der Waals surface area contributed by atoms with E-state index in [0.29, 0.717) is 17.5 Å². The van der Waals surface area contributed by atoms with Gasteiger partial charge in [0.2, 0.25) is 0 Å². The molecule has 0 unspecified atom stereocenters. The van der Waals surface area contributed by atoms with Crippen molar-refractivity contribution in [2.75, 3.05) is 0 Å². The predicted octanol–water partition coefficient (Wildman–Crippen LogP) is 18.1. The van der Waals surface area contributed by atoms with Gasteiger partial charge in [-0.05, 0) is 82.2 Å². The molecule has 0 atom stereocenters. The van der Waals surface area contributed by atoms with Gasteiger partial charge in [-0.2, -0.15) is 0 Å². The topological polar surface area (TPSA) is 56.7 Å². The number of aromatic nitrogens is 4. The molecule has 0 fully saturated rings. The summed E-state index contributed by atoms with van der Waals surface area (Å²) in [6.07, 6.45) is 0. The largest absolute Gasteiger partial charge is 0.456 e. The molecule has 324 valence electrons. The fraction of sp³-hybridized carbons (Fsp3) is 0. The average molecular weight is 927 g/mol. The van der Waals surface area contributed by atoms with Crippen molar-refractivity contribution in [3.8, 4) is 39.9 Å².